The van der Waals surface area contributed by atoms with Crippen molar-refractivity contribution in [2.24, 2.45) is 5.92 Å². The van der Waals surface area contributed by atoms with E-state index in [-0.39, 0.29) is 0 Å². The van der Waals surface area contributed by atoms with E-state index in [4.69, 9.17) is 4.74 Å². The van der Waals surface area contributed by atoms with Gasteiger partial charge in [-0.05, 0) is 30.5 Å². The van der Waals surface area contributed by atoms with Gasteiger partial charge in [0.1, 0.15) is 0 Å². The first-order valence-electron chi connectivity index (χ1n) is 6.07. The first-order valence-corrected chi connectivity index (χ1v) is 6.07. The first kappa shape index (κ1) is 11.6. The van der Waals surface area contributed by atoms with E-state index in [0.717, 1.165) is 38.8 Å². The van der Waals surface area contributed by atoms with E-state index in [2.05, 4.69) is 22.9 Å². The molecule has 0 bridgehead atoms. The Morgan fingerprint density at radius 2 is 2.50 bits per heavy atom. The molecule has 1 saturated heterocycles. The third kappa shape index (κ3) is 3.29. The number of aromatic nitrogens is 1. The molecule has 1 atom stereocenters. The Balaban J connectivity index is 1.85. The molecule has 2 rings (SSSR count). The zero-order valence-electron chi connectivity index (χ0n) is 9.93. The summed E-state index contributed by atoms with van der Waals surface area (Å²) < 4.78 is 5.41. The van der Waals surface area contributed by atoms with Crippen molar-refractivity contribution < 1.29 is 4.74 Å². The van der Waals surface area contributed by atoms with Gasteiger partial charge in [0.2, 0.25) is 0 Å². The van der Waals surface area contributed by atoms with Gasteiger partial charge in [-0.1, -0.05) is 13.0 Å². The molecule has 1 aromatic heterocycles. The predicted molar refractivity (Wildman–Crippen MR) is 64.1 cm³/mol. The lowest BCUT2D eigenvalue weighted by Gasteiger charge is -2.23. The molecule has 0 aromatic carbocycles. The Kier molecular flexibility index (Phi) is 4.31. The van der Waals surface area contributed by atoms with Crippen LogP contribution in [0.15, 0.2) is 24.5 Å². The number of nitrogens with zero attached hydrogens (tertiary/aromatic N) is 2. The van der Waals surface area contributed by atoms with Crippen LogP contribution in [0, 0.1) is 5.92 Å². The Morgan fingerprint density at radius 3 is 3.12 bits per heavy atom. The Bertz CT molecular complexity index is 296. The number of hydrogen-bond acceptors (Lipinski definition) is 3. The molecule has 3 nitrogen and oxygen atoms in total. The molecule has 88 valence electrons. The second kappa shape index (κ2) is 5.97. The Morgan fingerprint density at radius 1 is 1.56 bits per heavy atom. The quantitative estimate of drug-likeness (QED) is 0.758. The molecule has 16 heavy (non-hydrogen) atoms. The highest BCUT2D eigenvalue weighted by Crippen LogP contribution is 2.15. The molecule has 1 aliphatic heterocycles. The minimum absolute atomic E-state index is 0.719. The van der Waals surface area contributed by atoms with Crippen LogP contribution in [0.4, 0.5) is 0 Å². The van der Waals surface area contributed by atoms with Crippen molar-refractivity contribution in [3.63, 3.8) is 0 Å². The van der Waals surface area contributed by atoms with Gasteiger partial charge in [0, 0.05) is 32.1 Å². The summed E-state index contributed by atoms with van der Waals surface area (Å²) >= 11 is 0. The van der Waals surface area contributed by atoms with Crippen LogP contribution in [0.25, 0.3) is 0 Å². The molecule has 0 radical (unpaired) electrons. The van der Waals surface area contributed by atoms with Crippen LogP contribution < -0.4 is 0 Å². The van der Waals surface area contributed by atoms with Crippen molar-refractivity contribution in [3.05, 3.63) is 30.1 Å². The number of hydrogen-bond donors (Lipinski definition) is 0. The van der Waals surface area contributed by atoms with Gasteiger partial charge in [-0.15, -0.1) is 0 Å². The SMILES string of the molecule is CCN(Cc1cccnc1)CC1CCOC1. The molecule has 1 unspecified atom stereocenters. The van der Waals surface area contributed by atoms with E-state index in [9.17, 15) is 0 Å². The van der Waals surface area contributed by atoms with Gasteiger partial charge < -0.3 is 4.74 Å². The van der Waals surface area contributed by atoms with Crippen molar-refractivity contribution in [3.8, 4) is 0 Å². The molecule has 0 N–H and O–H groups in total. The lowest BCUT2D eigenvalue weighted by Crippen LogP contribution is -2.29. The smallest absolute Gasteiger partial charge is 0.0507 e. The minimum Gasteiger partial charge on any atom is -0.381 e. The Hall–Kier alpha value is -0.930. The molecule has 3 heteroatoms. The van der Waals surface area contributed by atoms with Crippen LogP contribution in [-0.4, -0.2) is 36.2 Å². The predicted octanol–water partition coefficient (Wildman–Crippen LogP) is 1.94. The van der Waals surface area contributed by atoms with Gasteiger partial charge in [0.25, 0.3) is 0 Å². The lowest BCUT2D eigenvalue weighted by molar-refractivity contribution is 0.166. The monoisotopic (exact) mass is 220 g/mol. The molecule has 1 fully saturated rings. The maximum absolute atomic E-state index is 5.41. The lowest BCUT2D eigenvalue weighted by atomic mass is 10.1. The average molecular weight is 220 g/mol. The van der Waals surface area contributed by atoms with Crippen LogP contribution in [-0.2, 0) is 11.3 Å². The van der Waals surface area contributed by atoms with Crippen LogP contribution in [0.1, 0.15) is 18.9 Å². The van der Waals surface area contributed by atoms with Gasteiger partial charge >= 0.3 is 0 Å². The normalized spacial score (nSPS) is 20.5. The summed E-state index contributed by atoms with van der Waals surface area (Å²) in [5, 5.41) is 0. The average Bonchev–Trinajstić information content (AvgIpc) is 2.82. The van der Waals surface area contributed by atoms with Gasteiger partial charge in [0.05, 0.1) is 6.61 Å². The highest BCUT2D eigenvalue weighted by Gasteiger charge is 2.18. The molecular formula is C13H20N2O. The van der Waals surface area contributed by atoms with Crippen molar-refractivity contribution in [2.45, 2.75) is 19.9 Å². The van der Waals surface area contributed by atoms with Crippen molar-refractivity contribution in [2.75, 3.05) is 26.3 Å². The summed E-state index contributed by atoms with van der Waals surface area (Å²) in [5.74, 6) is 0.719. The van der Waals surface area contributed by atoms with E-state index < -0.39 is 0 Å². The minimum atomic E-state index is 0.719. The zero-order chi connectivity index (χ0) is 11.2. The molecule has 0 spiro atoms. The summed E-state index contributed by atoms with van der Waals surface area (Å²) in [6.07, 6.45) is 4.99. The fraction of sp³-hybridized carbons (Fsp3) is 0.615. The summed E-state index contributed by atoms with van der Waals surface area (Å²) in [7, 11) is 0. The first-order chi connectivity index (χ1) is 7.88. The van der Waals surface area contributed by atoms with Gasteiger partial charge in [-0.25, -0.2) is 0 Å². The largest absolute Gasteiger partial charge is 0.381 e. The van der Waals surface area contributed by atoms with E-state index >= 15 is 0 Å². The third-order valence-electron chi connectivity index (χ3n) is 3.12. The van der Waals surface area contributed by atoms with E-state index in [1.54, 1.807) is 0 Å². The zero-order valence-corrected chi connectivity index (χ0v) is 9.93. The summed E-state index contributed by atoms with van der Waals surface area (Å²) in [5.41, 5.74) is 1.29. The van der Waals surface area contributed by atoms with Crippen LogP contribution in [0.5, 0.6) is 0 Å². The van der Waals surface area contributed by atoms with E-state index in [0.29, 0.717) is 0 Å². The van der Waals surface area contributed by atoms with Crippen molar-refractivity contribution >= 4 is 0 Å². The molecule has 2 heterocycles. The van der Waals surface area contributed by atoms with Gasteiger partial charge in [-0.2, -0.15) is 0 Å². The van der Waals surface area contributed by atoms with E-state index in [1.165, 1.54) is 12.0 Å². The van der Waals surface area contributed by atoms with Gasteiger partial charge in [-0.3, -0.25) is 9.88 Å². The van der Waals surface area contributed by atoms with Crippen LogP contribution in [0.3, 0.4) is 0 Å². The maximum atomic E-state index is 5.41. The highest BCUT2D eigenvalue weighted by atomic mass is 16.5. The fourth-order valence-corrected chi connectivity index (χ4v) is 2.15. The van der Waals surface area contributed by atoms with E-state index in [1.807, 2.05) is 18.5 Å². The molecule has 0 saturated carbocycles. The second-order valence-electron chi connectivity index (χ2n) is 4.42. The van der Waals surface area contributed by atoms with Gasteiger partial charge in [0.15, 0.2) is 0 Å². The number of pyridine rings is 1. The summed E-state index contributed by atoms with van der Waals surface area (Å²) in [4.78, 5) is 6.62. The van der Waals surface area contributed by atoms with Crippen molar-refractivity contribution in [1.82, 2.24) is 9.88 Å². The molecule has 1 aliphatic rings. The van der Waals surface area contributed by atoms with Crippen LogP contribution >= 0.6 is 0 Å². The Labute approximate surface area is 97.4 Å². The molecule has 0 amide bonds. The highest BCUT2D eigenvalue weighted by molar-refractivity contribution is 5.08. The maximum Gasteiger partial charge on any atom is 0.0507 e. The van der Waals surface area contributed by atoms with Crippen LogP contribution in [0.2, 0.25) is 0 Å². The standard InChI is InChI=1S/C13H20N2O/c1-2-15(10-13-5-7-16-11-13)9-12-4-3-6-14-8-12/h3-4,6,8,13H,2,5,7,9-11H2,1H3. The van der Waals surface area contributed by atoms with Crippen molar-refractivity contribution in [1.29, 1.82) is 0 Å². The number of ether oxygens (including phenoxy) is 1. The number of rotatable bonds is 5. The second-order valence-corrected chi connectivity index (χ2v) is 4.42. The topological polar surface area (TPSA) is 25.4 Å². The summed E-state index contributed by atoms with van der Waals surface area (Å²) in [6, 6.07) is 4.14. The summed E-state index contributed by atoms with van der Waals surface area (Å²) in [6.45, 7) is 7.32. The molecule has 1 aromatic rings. The fourth-order valence-electron chi connectivity index (χ4n) is 2.15. The third-order valence-corrected chi connectivity index (χ3v) is 3.12. The molecular weight excluding hydrogens is 200 g/mol. The molecule has 0 aliphatic carbocycles.